The average Bonchev–Trinajstić information content (AvgIpc) is 3.10. The third kappa shape index (κ3) is 5.17. The van der Waals surface area contributed by atoms with E-state index in [0.29, 0.717) is 12.3 Å². The van der Waals surface area contributed by atoms with Gasteiger partial charge in [-0.25, -0.2) is 0 Å². The van der Waals surface area contributed by atoms with Crippen molar-refractivity contribution in [2.24, 2.45) is 0 Å². The van der Waals surface area contributed by atoms with E-state index in [1.807, 2.05) is 41.8 Å². The van der Waals surface area contributed by atoms with Gasteiger partial charge in [0.15, 0.2) is 11.0 Å². The van der Waals surface area contributed by atoms with Gasteiger partial charge in [-0.05, 0) is 31.0 Å². The Morgan fingerprint density at radius 3 is 2.70 bits per heavy atom. The summed E-state index contributed by atoms with van der Waals surface area (Å²) >= 11 is 1.40. The second-order valence-electron chi connectivity index (χ2n) is 6.29. The van der Waals surface area contributed by atoms with Crippen LogP contribution in [-0.2, 0) is 11.3 Å². The molecule has 6 nitrogen and oxygen atoms in total. The third-order valence-electron chi connectivity index (χ3n) is 4.17. The molecule has 0 aliphatic heterocycles. The summed E-state index contributed by atoms with van der Waals surface area (Å²) in [6.07, 6.45) is 4.41. The molecule has 0 bridgehead atoms. The number of nitrogens with one attached hydrogen (secondary N) is 1. The Labute approximate surface area is 163 Å². The molecule has 1 amide bonds. The normalized spacial score (nSPS) is 11.9. The number of benzene rings is 1. The van der Waals surface area contributed by atoms with Crippen LogP contribution in [0.1, 0.15) is 25.8 Å². The minimum absolute atomic E-state index is 0.00605. The molecule has 2 aromatic heterocycles. The van der Waals surface area contributed by atoms with E-state index in [9.17, 15) is 4.79 Å². The predicted molar refractivity (Wildman–Crippen MR) is 107 cm³/mol. The van der Waals surface area contributed by atoms with Gasteiger partial charge in [0, 0.05) is 24.0 Å². The molecule has 1 unspecified atom stereocenters. The van der Waals surface area contributed by atoms with E-state index in [4.69, 9.17) is 0 Å². The van der Waals surface area contributed by atoms with Gasteiger partial charge in [0.2, 0.25) is 5.91 Å². The van der Waals surface area contributed by atoms with Gasteiger partial charge in [-0.3, -0.25) is 14.3 Å². The number of aromatic nitrogens is 4. The molecule has 3 rings (SSSR count). The van der Waals surface area contributed by atoms with Crippen molar-refractivity contribution in [3.63, 3.8) is 0 Å². The topological polar surface area (TPSA) is 72.7 Å². The minimum Gasteiger partial charge on any atom is -0.353 e. The van der Waals surface area contributed by atoms with E-state index in [2.05, 4.69) is 39.6 Å². The van der Waals surface area contributed by atoms with Crippen LogP contribution in [0.2, 0.25) is 0 Å². The van der Waals surface area contributed by atoms with Gasteiger partial charge in [0.1, 0.15) is 0 Å². The Hall–Kier alpha value is -2.67. The Bertz CT molecular complexity index is 867. The zero-order valence-electron chi connectivity index (χ0n) is 15.5. The van der Waals surface area contributed by atoms with E-state index in [1.54, 1.807) is 12.4 Å². The molecule has 140 valence electrons. The summed E-state index contributed by atoms with van der Waals surface area (Å²) in [5.74, 6) is 1.06. The van der Waals surface area contributed by atoms with Crippen molar-refractivity contribution in [2.75, 3.05) is 5.75 Å². The zero-order chi connectivity index (χ0) is 19.1. The van der Waals surface area contributed by atoms with Crippen LogP contribution in [-0.4, -0.2) is 37.5 Å². The molecule has 1 N–H and O–H groups in total. The summed E-state index contributed by atoms with van der Waals surface area (Å²) in [5.41, 5.74) is 2.05. The smallest absolute Gasteiger partial charge is 0.230 e. The highest BCUT2D eigenvalue weighted by atomic mass is 32.2. The van der Waals surface area contributed by atoms with Gasteiger partial charge in [0.05, 0.1) is 12.3 Å². The number of pyridine rings is 1. The van der Waals surface area contributed by atoms with Crippen molar-refractivity contribution in [3.05, 3.63) is 60.4 Å². The summed E-state index contributed by atoms with van der Waals surface area (Å²) in [6, 6.07) is 14.2. The molecule has 1 atom stereocenters. The van der Waals surface area contributed by atoms with Crippen LogP contribution in [0.25, 0.3) is 11.4 Å². The molecular formula is C20H23N5OS. The van der Waals surface area contributed by atoms with Gasteiger partial charge >= 0.3 is 0 Å². The Morgan fingerprint density at radius 1 is 1.19 bits per heavy atom. The van der Waals surface area contributed by atoms with Gasteiger partial charge < -0.3 is 5.32 Å². The molecule has 0 aliphatic rings. The van der Waals surface area contributed by atoms with Crippen molar-refractivity contribution in [2.45, 2.75) is 38.0 Å². The largest absolute Gasteiger partial charge is 0.353 e. The molecule has 0 fully saturated rings. The predicted octanol–water partition coefficient (Wildman–Crippen LogP) is 3.40. The highest BCUT2D eigenvalue weighted by molar-refractivity contribution is 7.99. The summed E-state index contributed by atoms with van der Waals surface area (Å²) in [5, 5.41) is 12.4. The highest BCUT2D eigenvalue weighted by Gasteiger charge is 2.16. The average molecular weight is 382 g/mol. The maximum Gasteiger partial charge on any atom is 0.230 e. The number of thioether (sulfide) groups is 1. The van der Waals surface area contributed by atoms with Gasteiger partial charge in [-0.15, -0.1) is 10.2 Å². The molecule has 0 spiro atoms. The second kappa shape index (κ2) is 9.32. The van der Waals surface area contributed by atoms with Crippen LogP contribution in [0.15, 0.2) is 60.0 Å². The number of rotatable bonds is 8. The SMILES string of the molecule is CCC(C)NC(=O)CSc1nnc(-c2cccnc2)n1Cc1ccccc1. The molecule has 0 aliphatic carbocycles. The number of nitrogens with zero attached hydrogens (tertiary/aromatic N) is 4. The number of hydrogen-bond donors (Lipinski definition) is 1. The Kier molecular flexibility index (Phi) is 6.59. The van der Waals surface area contributed by atoms with Crippen LogP contribution >= 0.6 is 11.8 Å². The van der Waals surface area contributed by atoms with Crippen LogP contribution in [0.3, 0.4) is 0 Å². The molecule has 0 radical (unpaired) electrons. The van der Waals surface area contributed by atoms with Crippen molar-refractivity contribution in [1.29, 1.82) is 0 Å². The Morgan fingerprint density at radius 2 is 2.00 bits per heavy atom. The van der Waals surface area contributed by atoms with Gasteiger partial charge in [-0.2, -0.15) is 0 Å². The summed E-state index contributed by atoms with van der Waals surface area (Å²) < 4.78 is 2.04. The molecule has 27 heavy (non-hydrogen) atoms. The van der Waals surface area contributed by atoms with Crippen LogP contribution in [0, 0.1) is 0 Å². The molecule has 0 saturated heterocycles. The van der Waals surface area contributed by atoms with E-state index < -0.39 is 0 Å². The fourth-order valence-corrected chi connectivity index (χ4v) is 3.31. The molecule has 3 aromatic rings. The highest BCUT2D eigenvalue weighted by Crippen LogP contribution is 2.24. The van der Waals surface area contributed by atoms with Crippen LogP contribution in [0.5, 0.6) is 0 Å². The third-order valence-corrected chi connectivity index (χ3v) is 5.14. The van der Waals surface area contributed by atoms with Crippen LogP contribution < -0.4 is 5.32 Å². The summed E-state index contributed by atoms with van der Waals surface area (Å²) in [4.78, 5) is 16.3. The first-order valence-electron chi connectivity index (χ1n) is 8.97. The first-order valence-corrected chi connectivity index (χ1v) is 9.95. The van der Waals surface area contributed by atoms with E-state index in [1.165, 1.54) is 11.8 Å². The lowest BCUT2D eigenvalue weighted by atomic mass is 10.2. The van der Waals surface area contributed by atoms with Crippen molar-refractivity contribution in [1.82, 2.24) is 25.1 Å². The van der Waals surface area contributed by atoms with Gasteiger partial charge in [0.25, 0.3) is 0 Å². The van der Waals surface area contributed by atoms with Crippen LogP contribution in [0.4, 0.5) is 0 Å². The van der Waals surface area contributed by atoms with Crippen molar-refractivity contribution in [3.8, 4) is 11.4 Å². The van der Waals surface area contributed by atoms with Crippen molar-refractivity contribution < 1.29 is 4.79 Å². The molecule has 0 saturated carbocycles. The minimum atomic E-state index is 0.00605. The second-order valence-corrected chi connectivity index (χ2v) is 7.23. The lowest BCUT2D eigenvalue weighted by Crippen LogP contribution is -2.33. The molecule has 7 heteroatoms. The first-order chi connectivity index (χ1) is 13.2. The Balaban J connectivity index is 1.83. The molecule has 2 heterocycles. The van der Waals surface area contributed by atoms with E-state index in [0.717, 1.165) is 28.5 Å². The molecular weight excluding hydrogens is 358 g/mol. The van der Waals surface area contributed by atoms with Crippen molar-refractivity contribution >= 4 is 17.7 Å². The number of hydrogen-bond acceptors (Lipinski definition) is 5. The van der Waals surface area contributed by atoms with Gasteiger partial charge in [-0.1, -0.05) is 49.0 Å². The number of carbonyl (C=O) groups is 1. The monoisotopic (exact) mass is 381 g/mol. The summed E-state index contributed by atoms with van der Waals surface area (Å²) in [6.45, 7) is 4.68. The lowest BCUT2D eigenvalue weighted by Gasteiger charge is -2.12. The quantitative estimate of drug-likeness (QED) is 0.606. The first kappa shape index (κ1) is 19.1. The maximum absolute atomic E-state index is 12.1. The number of amides is 1. The standard InChI is InChI=1S/C20H23N5OS/c1-3-15(2)22-18(26)14-27-20-24-23-19(17-10-7-11-21-12-17)25(20)13-16-8-5-4-6-9-16/h4-12,15H,3,13-14H2,1-2H3,(H,22,26). The maximum atomic E-state index is 12.1. The fourth-order valence-electron chi connectivity index (χ4n) is 2.56. The van der Waals surface area contributed by atoms with E-state index >= 15 is 0 Å². The fraction of sp³-hybridized carbons (Fsp3) is 0.300. The zero-order valence-corrected chi connectivity index (χ0v) is 16.3. The number of carbonyl (C=O) groups excluding carboxylic acids is 1. The lowest BCUT2D eigenvalue weighted by molar-refractivity contribution is -0.119. The summed E-state index contributed by atoms with van der Waals surface area (Å²) in [7, 11) is 0. The molecule has 1 aromatic carbocycles. The van der Waals surface area contributed by atoms with E-state index in [-0.39, 0.29) is 11.9 Å².